The molecule has 0 aliphatic heterocycles. The van der Waals surface area contributed by atoms with E-state index >= 15 is 0 Å². The third-order valence-electron chi connectivity index (χ3n) is 5.25. The fraction of sp³-hybridized carbons (Fsp3) is 0.778. The Morgan fingerprint density at radius 3 is 2.41 bits per heavy atom. The van der Waals surface area contributed by atoms with Crippen LogP contribution >= 0.6 is 0 Å². The Morgan fingerprint density at radius 2 is 1.68 bits per heavy atom. The van der Waals surface area contributed by atoms with Gasteiger partial charge in [0.1, 0.15) is 5.82 Å². The van der Waals surface area contributed by atoms with Gasteiger partial charge in [-0.2, -0.15) is 0 Å². The van der Waals surface area contributed by atoms with E-state index in [1.807, 2.05) is 6.20 Å². The summed E-state index contributed by atoms with van der Waals surface area (Å²) in [5.74, 6) is 2.32. The standard InChI is InChI=1S/C18H30N4/c19-11-6-12-20-16-13-21-18(15-9-2-1-3-10-15)22-17(16)14-7-4-5-8-14/h13-15,20H,1-12,19H2. The highest BCUT2D eigenvalue weighted by Gasteiger charge is 2.25. The maximum absolute atomic E-state index is 5.60. The van der Waals surface area contributed by atoms with E-state index in [0.29, 0.717) is 11.8 Å². The van der Waals surface area contributed by atoms with Crippen molar-refractivity contribution in [2.75, 3.05) is 18.4 Å². The van der Waals surface area contributed by atoms with Crippen LogP contribution in [0, 0.1) is 0 Å². The fourth-order valence-corrected chi connectivity index (χ4v) is 3.94. The predicted octanol–water partition coefficient (Wildman–Crippen LogP) is 3.94. The summed E-state index contributed by atoms with van der Waals surface area (Å²) in [6.07, 6.45) is 14.9. The number of hydrogen-bond donors (Lipinski definition) is 2. The van der Waals surface area contributed by atoms with Crippen molar-refractivity contribution < 1.29 is 0 Å². The molecule has 3 N–H and O–H groups in total. The molecule has 0 aromatic carbocycles. The summed E-state index contributed by atoms with van der Waals surface area (Å²) in [6, 6.07) is 0. The first kappa shape index (κ1) is 15.7. The van der Waals surface area contributed by atoms with Crippen molar-refractivity contribution in [3.8, 4) is 0 Å². The lowest BCUT2D eigenvalue weighted by atomic mass is 9.88. The van der Waals surface area contributed by atoms with Crippen molar-refractivity contribution in [2.45, 2.75) is 76.0 Å². The van der Waals surface area contributed by atoms with Gasteiger partial charge in [-0.25, -0.2) is 9.97 Å². The smallest absolute Gasteiger partial charge is 0.131 e. The van der Waals surface area contributed by atoms with E-state index < -0.39 is 0 Å². The number of aromatic nitrogens is 2. The minimum atomic E-state index is 0.590. The number of rotatable bonds is 6. The van der Waals surface area contributed by atoms with Crippen LogP contribution in [-0.2, 0) is 0 Å². The molecule has 2 aliphatic carbocycles. The van der Waals surface area contributed by atoms with E-state index in [2.05, 4.69) is 5.32 Å². The Morgan fingerprint density at radius 1 is 1.00 bits per heavy atom. The number of nitrogens with zero attached hydrogens (tertiary/aromatic N) is 2. The van der Waals surface area contributed by atoms with Gasteiger partial charge >= 0.3 is 0 Å². The lowest BCUT2D eigenvalue weighted by Gasteiger charge is -2.23. The normalized spacial score (nSPS) is 20.4. The fourth-order valence-electron chi connectivity index (χ4n) is 3.94. The van der Waals surface area contributed by atoms with Crippen LogP contribution in [0.25, 0.3) is 0 Å². The first-order chi connectivity index (χ1) is 10.9. The molecule has 0 amide bonds. The summed E-state index contributed by atoms with van der Waals surface area (Å²) >= 11 is 0. The minimum absolute atomic E-state index is 0.590. The second-order valence-electron chi connectivity index (χ2n) is 6.91. The SMILES string of the molecule is NCCCNc1cnc(C2CCCCC2)nc1C1CCCC1. The highest BCUT2D eigenvalue weighted by molar-refractivity contribution is 5.48. The summed E-state index contributed by atoms with van der Waals surface area (Å²) in [5, 5.41) is 3.52. The molecule has 0 radical (unpaired) electrons. The quantitative estimate of drug-likeness (QED) is 0.781. The highest BCUT2D eigenvalue weighted by atomic mass is 15.0. The molecule has 22 heavy (non-hydrogen) atoms. The third kappa shape index (κ3) is 3.78. The monoisotopic (exact) mass is 302 g/mol. The molecule has 1 heterocycles. The largest absolute Gasteiger partial charge is 0.382 e. The highest BCUT2D eigenvalue weighted by Crippen LogP contribution is 2.38. The molecule has 3 rings (SSSR count). The van der Waals surface area contributed by atoms with Crippen molar-refractivity contribution in [1.29, 1.82) is 0 Å². The van der Waals surface area contributed by atoms with Crippen molar-refractivity contribution in [1.82, 2.24) is 9.97 Å². The maximum atomic E-state index is 5.60. The topological polar surface area (TPSA) is 63.8 Å². The summed E-state index contributed by atoms with van der Waals surface area (Å²) < 4.78 is 0. The molecule has 0 bridgehead atoms. The number of anilines is 1. The van der Waals surface area contributed by atoms with Gasteiger partial charge in [0.2, 0.25) is 0 Å². The van der Waals surface area contributed by atoms with Gasteiger partial charge in [-0.05, 0) is 38.6 Å². The molecule has 0 saturated heterocycles. The molecule has 4 heteroatoms. The zero-order chi connectivity index (χ0) is 15.2. The van der Waals surface area contributed by atoms with Crippen LogP contribution in [0.5, 0.6) is 0 Å². The van der Waals surface area contributed by atoms with Crippen LogP contribution in [0.4, 0.5) is 5.69 Å². The Kier molecular flexibility index (Phi) is 5.65. The lowest BCUT2D eigenvalue weighted by molar-refractivity contribution is 0.427. The molecular formula is C18H30N4. The number of nitrogens with one attached hydrogen (secondary N) is 1. The number of nitrogens with two attached hydrogens (primary N) is 1. The van der Waals surface area contributed by atoms with Crippen molar-refractivity contribution in [3.05, 3.63) is 17.7 Å². The molecule has 1 aromatic heterocycles. The van der Waals surface area contributed by atoms with Crippen LogP contribution in [0.1, 0.15) is 87.6 Å². The first-order valence-electron chi connectivity index (χ1n) is 9.19. The van der Waals surface area contributed by atoms with E-state index in [1.54, 1.807) is 0 Å². The van der Waals surface area contributed by atoms with Crippen molar-refractivity contribution >= 4 is 5.69 Å². The molecule has 1 aromatic rings. The second-order valence-corrected chi connectivity index (χ2v) is 6.91. The van der Waals surface area contributed by atoms with Crippen LogP contribution in [0.15, 0.2) is 6.20 Å². The van der Waals surface area contributed by atoms with Gasteiger partial charge in [0.25, 0.3) is 0 Å². The molecule has 4 nitrogen and oxygen atoms in total. The Bertz CT molecular complexity index is 462. The summed E-state index contributed by atoms with van der Waals surface area (Å²) in [6.45, 7) is 1.65. The first-order valence-corrected chi connectivity index (χ1v) is 9.19. The zero-order valence-electron chi connectivity index (χ0n) is 13.7. The Labute approximate surface area is 134 Å². The van der Waals surface area contributed by atoms with Gasteiger partial charge in [0, 0.05) is 18.4 Å². The van der Waals surface area contributed by atoms with Crippen LogP contribution in [0.3, 0.4) is 0 Å². The molecule has 2 aliphatic rings. The average Bonchev–Trinajstić information content (AvgIpc) is 3.10. The van der Waals surface area contributed by atoms with E-state index in [1.165, 1.54) is 63.5 Å². The third-order valence-corrected chi connectivity index (χ3v) is 5.25. The second kappa shape index (κ2) is 7.91. The molecule has 122 valence electrons. The van der Waals surface area contributed by atoms with E-state index in [4.69, 9.17) is 15.7 Å². The Hall–Kier alpha value is -1.16. The van der Waals surface area contributed by atoms with Crippen molar-refractivity contribution in [3.63, 3.8) is 0 Å². The average molecular weight is 302 g/mol. The molecular weight excluding hydrogens is 272 g/mol. The number of hydrogen-bond acceptors (Lipinski definition) is 4. The van der Waals surface area contributed by atoms with Gasteiger partial charge in [-0.15, -0.1) is 0 Å². The summed E-state index contributed by atoms with van der Waals surface area (Å²) in [5.41, 5.74) is 8.04. The minimum Gasteiger partial charge on any atom is -0.382 e. The van der Waals surface area contributed by atoms with E-state index in [0.717, 1.165) is 31.0 Å². The van der Waals surface area contributed by atoms with Crippen LogP contribution in [0.2, 0.25) is 0 Å². The van der Waals surface area contributed by atoms with Crippen LogP contribution in [-0.4, -0.2) is 23.1 Å². The van der Waals surface area contributed by atoms with Crippen molar-refractivity contribution in [2.24, 2.45) is 5.73 Å². The molecule has 2 saturated carbocycles. The molecule has 0 spiro atoms. The molecule has 0 unspecified atom stereocenters. The molecule has 0 atom stereocenters. The van der Waals surface area contributed by atoms with E-state index in [9.17, 15) is 0 Å². The molecule has 2 fully saturated rings. The van der Waals surface area contributed by atoms with Crippen LogP contribution < -0.4 is 11.1 Å². The lowest BCUT2D eigenvalue weighted by Crippen LogP contribution is -2.15. The zero-order valence-corrected chi connectivity index (χ0v) is 13.7. The summed E-state index contributed by atoms with van der Waals surface area (Å²) in [7, 11) is 0. The van der Waals surface area contributed by atoms with Gasteiger partial charge in [0.15, 0.2) is 0 Å². The Balaban J connectivity index is 1.79. The predicted molar refractivity (Wildman–Crippen MR) is 91.2 cm³/mol. The summed E-state index contributed by atoms with van der Waals surface area (Å²) in [4.78, 5) is 9.76. The van der Waals surface area contributed by atoms with Gasteiger partial charge in [-0.3, -0.25) is 0 Å². The van der Waals surface area contributed by atoms with Gasteiger partial charge in [0.05, 0.1) is 17.6 Å². The maximum Gasteiger partial charge on any atom is 0.131 e. The van der Waals surface area contributed by atoms with E-state index in [-0.39, 0.29) is 0 Å². The van der Waals surface area contributed by atoms with Gasteiger partial charge in [-0.1, -0.05) is 32.1 Å². The van der Waals surface area contributed by atoms with Gasteiger partial charge < -0.3 is 11.1 Å².